The maximum atomic E-state index is 13.2. The number of nitrogens with zero attached hydrogens (tertiary/aromatic N) is 1. The average Bonchev–Trinajstić information content (AvgIpc) is 2.95. The number of aryl methyl sites for hydroxylation is 1. The fraction of sp³-hybridized carbons (Fsp3) is 0.286. The molecule has 3 heteroatoms. The van der Waals surface area contributed by atoms with Crippen molar-refractivity contribution in [3.05, 3.63) is 70.9 Å². The minimum atomic E-state index is -0.115. The van der Waals surface area contributed by atoms with E-state index in [9.17, 15) is 4.79 Å². The van der Waals surface area contributed by atoms with Crippen LogP contribution in [0.5, 0.6) is 0 Å². The van der Waals surface area contributed by atoms with Gasteiger partial charge in [-0.15, -0.1) is 0 Å². The number of para-hydroxylation sites is 1. The third-order valence-corrected chi connectivity index (χ3v) is 5.23. The molecule has 1 N–H and O–H groups in total. The Morgan fingerprint density at radius 3 is 2.62 bits per heavy atom. The van der Waals surface area contributed by atoms with Crippen LogP contribution >= 0.6 is 0 Å². The number of Topliss-reactive ketones (excluding diaryl/α,β-unsaturated/α-hetero) is 1. The molecule has 0 amide bonds. The number of carbonyl (C=O) groups is 1. The number of hydrogen-bond donors (Lipinski definition) is 1. The predicted octanol–water partition coefficient (Wildman–Crippen LogP) is 4.11. The molecule has 0 saturated heterocycles. The van der Waals surface area contributed by atoms with Crippen molar-refractivity contribution in [3.63, 3.8) is 0 Å². The number of nitrogens with one attached hydrogen (secondary N) is 1. The Labute approximate surface area is 142 Å². The third kappa shape index (κ3) is 2.45. The fourth-order valence-corrected chi connectivity index (χ4v) is 3.82. The summed E-state index contributed by atoms with van der Waals surface area (Å²) in [6.07, 6.45) is 1.01. The van der Waals surface area contributed by atoms with Crippen LogP contribution in [0.25, 0.3) is 10.9 Å². The van der Waals surface area contributed by atoms with Gasteiger partial charge in [-0.2, -0.15) is 0 Å². The summed E-state index contributed by atoms with van der Waals surface area (Å²) in [5, 5.41) is 1.03. The lowest BCUT2D eigenvalue weighted by atomic mass is 9.95. The largest absolute Gasteiger partial charge is 0.358 e. The van der Waals surface area contributed by atoms with E-state index in [0.717, 1.165) is 41.7 Å². The Bertz CT molecular complexity index is 909. The summed E-state index contributed by atoms with van der Waals surface area (Å²) in [6, 6.07) is 16.5. The number of rotatable bonds is 3. The molecule has 24 heavy (non-hydrogen) atoms. The highest BCUT2D eigenvalue weighted by Gasteiger charge is 2.28. The molecule has 0 fully saturated rings. The first kappa shape index (κ1) is 15.2. The van der Waals surface area contributed by atoms with Gasteiger partial charge in [0.05, 0.1) is 6.04 Å². The lowest BCUT2D eigenvalue weighted by Crippen LogP contribution is -2.42. The average molecular weight is 318 g/mol. The molecule has 3 aromatic rings. The van der Waals surface area contributed by atoms with Crippen LogP contribution < -0.4 is 0 Å². The van der Waals surface area contributed by atoms with Crippen molar-refractivity contribution >= 4 is 16.7 Å². The maximum Gasteiger partial charge on any atom is 0.182 e. The zero-order chi connectivity index (χ0) is 16.7. The molecule has 0 aliphatic carbocycles. The zero-order valence-corrected chi connectivity index (χ0v) is 14.2. The van der Waals surface area contributed by atoms with E-state index in [2.05, 4.69) is 34.1 Å². The smallest absolute Gasteiger partial charge is 0.182 e. The van der Waals surface area contributed by atoms with Gasteiger partial charge in [0, 0.05) is 35.2 Å². The molecule has 4 rings (SSSR count). The highest BCUT2D eigenvalue weighted by atomic mass is 16.1. The van der Waals surface area contributed by atoms with Gasteiger partial charge in [0.1, 0.15) is 0 Å². The summed E-state index contributed by atoms with van der Waals surface area (Å²) >= 11 is 0. The van der Waals surface area contributed by atoms with Gasteiger partial charge < -0.3 is 4.98 Å². The van der Waals surface area contributed by atoms with E-state index < -0.39 is 0 Å². The van der Waals surface area contributed by atoms with Crippen LogP contribution in [0.15, 0.2) is 48.5 Å². The highest BCUT2D eigenvalue weighted by Crippen LogP contribution is 2.26. The van der Waals surface area contributed by atoms with Gasteiger partial charge in [-0.05, 0) is 37.5 Å². The molecule has 122 valence electrons. The van der Waals surface area contributed by atoms with Crippen LogP contribution in [-0.2, 0) is 13.0 Å². The van der Waals surface area contributed by atoms with E-state index in [1.807, 2.05) is 38.1 Å². The number of carbonyl (C=O) groups excluding carboxylic acids is 1. The highest BCUT2D eigenvalue weighted by molar-refractivity contribution is 6.11. The van der Waals surface area contributed by atoms with Gasteiger partial charge in [-0.25, -0.2) is 0 Å². The minimum Gasteiger partial charge on any atom is -0.358 e. The Hall–Kier alpha value is -2.39. The third-order valence-electron chi connectivity index (χ3n) is 5.23. The summed E-state index contributed by atoms with van der Waals surface area (Å²) in [5.74, 6) is 0.212. The van der Waals surface area contributed by atoms with Crippen molar-refractivity contribution in [2.24, 2.45) is 0 Å². The first-order valence-corrected chi connectivity index (χ1v) is 8.57. The molecular weight excluding hydrogens is 296 g/mol. The van der Waals surface area contributed by atoms with E-state index in [4.69, 9.17) is 0 Å². The van der Waals surface area contributed by atoms with Crippen molar-refractivity contribution in [2.45, 2.75) is 32.9 Å². The molecule has 3 nitrogen and oxygen atoms in total. The molecule has 0 saturated carbocycles. The van der Waals surface area contributed by atoms with E-state index in [-0.39, 0.29) is 11.8 Å². The van der Waals surface area contributed by atoms with Crippen molar-refractivity contribution in [3.8, 4) is 0 Å². The van der Waals surface area contributed by atoms with Gasteiger partial charge in [0.25, 0.3) is 0 Å². The second-order valence-electron chi connectivity index (χ2n) is 6.70. The molecule has 2 heterocycles. The summed E-state index contributed by atoms with van der Waals surface area (Å²) in [7, 11) is 0. The van der Waals surface area contributed by atoms with Crippen LogP contribution in [0.4, 0.5) is 0 Å². The Balaban J connectivity index is 1.64. The van der Waals surface area contributed by atoms with E-state index in [1.165, 1.54) is 11.1 Å². The van der Waals surface area contributed by atoms with Crippen LogP contribution in [0.2, 0.25) is 0 Å². The van der Waals surface area contributed by atoms with Crippen molar-refractivity contribution < 1.29 is 4.79 Å². The maximum absolute atomic E-state index is 13.2. The number of hydrogen-bond acceptors (Lipinski definition) is 2. The van der Waals surface area contributed by atoms with Crippen LogP contribution in [0.3, 0.4) is 0 Å². The number of benzene rings is 2. The number of fused-ring (bicyclic) bond motifs is 2. The first-order chi connectivity index (χ1) is 11.6. The molecule has 0 unspecified atom stereocenters. The summed E-state index contributed by atoms with van der Waals surface area (Å²) in [4.78, 5) is 18.8. The van der Waals surface area contributed by atoms with Gasteiger partial charge in [0.15, 0.2) is 5.78 Å². The molecule has 1 aromatic heterocycles. The van der Waals surface area contributed by atoms with Crippen molar-refractivity contribution in [2.75, 3.05) is 6.54 Å². The number of ketones is 1. The predicted molar refractivity (Wildman–Crippen MR) is 97.4 cm³/mol. The van der Waals surface area contributed by atoms with E-state index in [0.29, 0.717) is 0 Å². The summed E-state index contributed by atoms with van der Waals surface area (Å²) < 4.78 is 0. The molecular formula is C21H22N2O. The standard InChI is InChI=1S/C21H22N2O/c1-14-20(18-9-5-6-10-19(18)22-14)21(24)15(2)23-12-11-16-7-3-4-8-17(16)13-23/h3-10,15,22H,11-13H2,1-2H3/t15-/m1/s1. The molecule has 2 aromatic carbocycles. The van der Waals surface area contributed by atoms with Crippen LogP contribution in [0, 0.1) is 6.92 Å². The monoisotopic (exact) mass is 318 g/mol. The van der Waals surface area contributed by atoms with Crippen LogP contribution in [0.1, 0.15) is 34.1 Å². The zero-order valence-electron chi connectivity index (χ0n) is 14.2. The molecule has 1 aliphatic heterocycles. The Kier molecular flexibility index (Phi) is 3.73. The van der Waals surface area contributed by atoms with Gasteiger partial charge >= 0.3 is 0 Å². The van der Waals surface area contributed by atoms with Crippen molar-refractivity contribution in [1.82, 2.24) is 9.88 Å². The van der Waals surface area contributed by atoms with Gasteiger partial charge in [-0.1, -0.05) is 42.5 Å². The van der Waals surface area contributed by atoms with Crippen LogP contribution in [-0.4, -0.2) is 28.3 Å². The first-order valence-electron chi connectivity index (χ1n) is 8.57. The minimum absolute atomic E-state index is 0.115. The number of aromatic nitrogens is 1. The topological polar surface area (TPSA) is 36.1 Å². The number of H-pyrrole nitrogens is 1. The Morgan fingerprint density at radius 1 is 1.08 bits per heavy atom. The summed E-state index contributed by atoms with van der Waals surface area (Å²) in [6.45, 7) is 5.82. The van der Waals surface area contributed by atoms with Gasteiger partial charge in [0.2, 0.25) is 0 Å². The van der Waals surface area contributed by atoms with Gasteiger partial charge in [-0.3, -0.25) is 9.69 Å². The lowest BCUT2D eigenvalue weighted by molar-refractivity contribution is 0.0821. The summed E-state index contributed by atoms with van der Waals surface area (Å²) in [5.41, 5.74) is 5.60. The Morgan fingerprint density at radius 2 is 1.79 bits per heavy atom. The molecule has 1 aliphatic rings. The molecule has 0 radical (unpaired) electrons. The normalized spacial score (nSPS) is 16.1. The van der Waals surface area contributed by atoms with E-state index in [1.54, 1.807) is 0 Å². The molecule has 0 bridgehead atoms. The molecule has 0 spiro atoms. The second-order valence-corrected chi connectivity index (χ2v) is 6.70. The SMILES string of the molecule is Cc1[nH]c2ccccc2c1C(=O)[C@@H](C)N1CCc2ccccc2C1. The van der Waals surface area contributed by atoms with E-state index >= 15 is 0 Å². The number of aromatic amines is 1. The fourth-order valence-electron chi connectivity index (χ4n) is 3.82. The quantitative estimate of drug-likeness (QED) is 0.738. The lowest BCUT2D eigenvalue weighted by Gasteiger charge is -2.33. The molecule has 1 atom stereocenters. The van der Waals surface area contributed by atoms with Crippen molar-refractivity contribution in [1.29, 1.82) is 0 Å². The second kappa shape index (κ2) is 5.91.